The third kappa shape index (κ3) is 7.70. The van der Waals surface area contributed by atoms with Crippen molar-refractivity contribution >= 4 is 40.9 Å². The molecule has 7 heteroatoms. The lowest BCUT2D eigenvalue weighted by atomic mass is 10.1. The number of benzene rings is 1. The maximum absolute atomic E-state index is 14.2. The predicted molar refractivity (Wildman–Crippen MR) is 110 cm³/mol. The minimum absolute atomic E-state index is 0.0697. The molecule has 0 aliphatic carbocycles. The zero-order valence-corrected chi connectivity index (χ0v) is 18.2. The molecule has 0 saturated carbocycles. The standard InChI is InChI=1S/C20H29ClFNO3S/c1-6-8-13(5)19(24)23-16-10-18(14(21)9-15(16)22)27-17(7-2)20(25)26-11-12(3)4/h9-10,12-13,17H,6-8,11H2,1-5H3,(H,23,24). The van der Waals surface area contributed by atoms with Gasteiger partial charge in [-0.3, -0.25) is 9.59 Å². The summed E-state index contributed by atoms with van der Waals surface area (Å²) in [4.78, 5) is 25.0. The van der Waals surface area contributed by atoms with Crippen LogP contribution in [0.4, 0.5) is 10.1 Å². The first-order valence-corrected chi connectivity index (χ1v) is 10.6. The summed E-state index contributed by atoms with van der Waals surface area (Å²) < 4.78 is 19.5. The Morgan fingerprint density at radius 3 is 2.48 bits per heavy atom. The van der Waals surface area contributed by atoms with Crippen molar-refractivity contribution in [3.8, 4) is 0 Å². The topological polar surface area (TPSA) is 55.4 Å². The summed E-state index contributed by atoms with van der Waals surface area (Å²) in [6.07, 6.45) is 2.14. The molecule has 152 valence electrons. The molecule has 4 nitrogen and oxygen atoms in total. The molecule has 27 heavy (non-hydrogen) atoms. The maximum atomic E-state index is 14.2. The van der Waals surface area contributed by atoms with Gasteiger partial charge in [0, 0.05) is 10.8 Å². The Labute approximate surface area is 170 Å². The fourth-order valence-corrected chi connectivity index (χ4v) is 3.61. The van der Waals surface area contributed by atoms with Gasteiger partial charge in [-0.1, -0.05) is 52.6 Å². The molecule has 0 bridgehead atoms. The lowest BCUT2D eigenvalue weighted by Gasteiger charge is -2.17. The van der Waals surface area contributed by atoms with Crippen molar-refractivity contribution in [2.45, 2.75) is 64.0 Å². The second kappa shape index (κ2) is 11.5. The Balaban J connectivity index is 2.94. The number of ether oxygens (including phenoxy) is 1. The van der Waals surface area contributed by atoms with E-state index in [4.69, 9.17) is 16.3 Å². The number of nitrogens with one attached hydrogen (secondary N) is 1. The summed E-state index contributed by atoms with van der Waals surface area (Å²) in [6.45, 7) is 9.95. The Morgan fingerprint density at radius 1 is 1.26 bits per heavy atom. The fourth-order valence-electron chi connectivity index (χ4n) is 2.33. The van der Waals surface area contributed by atoms with E-state index >= 15 is 0 Å². The largest absolute Gasteiger partial charge is 0.465 e. The number of thioether (sulfide) groups is 1. The van der Waals surface area contributed by atoms with Crippen LogP contribution in [0.1, 0.15) is 53.9 Å². The van der Waals surface area contributed by atoms with Crippen molar-refractivity contribution in [1.29, 1.82) is 0 Å². The highest BCUT2D eigenvalue weighted by molar-refractivity contribution is 8.00. The first-order valence-electron chi connectivity index (χ1n) is 9.32. The second-order valence-electron chi connectivity index (χ2n) is 6.98. The summed E-state index contributed by atoms with van der Waals surface area (Å²) >= 11 is 7.38. The average Bonchev–Trinajstić information content (AvgIpc) is 2.60. The van der Waals surface area contributed by atoms with Crippen LogP contribution in [0.15, 0.2) is 17.0 Å². The summed E-state index contributed by atoms with van der Waals surface area (Å²) in [5, 5.41) is 2.37. The van der Waals surface area contributed by atoms with E-state index in [2.05, 4.69) is 5.32 Å². The Morgan fingerprint density at radius 2 is 1.93 bits per heavy atom. The molecule has 1 rings (SSSR count). The number of rotatable bonds is 10. The van der Waals surface area contributed by atoms with Gasteiger partial charge in [0.15, 0.2) is 0 Å². The molecule has 0 heterocycles. The first-order chi connectivity index (χ1) is 12.7. The molecule has 1 aromatic rings. The van der Waals surface area contributed by atoms with Crippen molar-refractivity contribution in [3.63, 3.8) is 0 Å². The summed E-state index contributed by atoms with van der Waals surface area (Å²) in [7, 11) is 0. The third-order valence-corrected chi connectivity index (χ3v) is 5.74. The quantitative estimate of drug-likeness (QED) is 0.379. The predicted octanol–water partition coefficient (Wildman–Crippen LogP) is 5.92. The van der Waals surface area contributed by atoms with Gasteiger partial charge in [0.1, 0.15) is 11.1 Å². The van der Waals surface area contributed by atoms with Crippen molar-refractivity contribution in [1.82, 2.24) is 0 Å². The Bertz CT molecular complexity index is 654. The molecule has 0 aromatic heterocycles. The van der Waals surface area contributed by atoms with Crippen molar-refractivity contribution in [2.24, 2.45) is 11.8 Å². The van der Waals surface area contributed by atoms with E-state index in [-0.39, 0.29) is 34.4 Å². The molecule has 0 spiro atoms. The highest BCUT2D eigenvalue weighted by atomic mass is 35.5. The van der Waals surface area contributed by atoms with Crippen LogP contribution < -0.4 is 5.32 Å². The highest BCUT2D eigenvalue weighted by Crippen LogP contribution is 2.36. The van der Waals surface area contributed by atoms with Crippen LogP contribution >= 0.6 is 23.4 Å². The molecular weight excluding hydrogens is 389 g/mol. The van der Waals surface area contributed by atoms with Gasteiger partial charge in [0.25, 0.3) is 0 Å². The monoisotopic (exact) mass is 417 g/mol. The summed E-state index contributed by atoms with van der Waals surface area (Å²) in [5.74, 6) is -1.12. The fraction of sp³-hybridized carbons (Fsp3) is 0.600. The molecule has 1 aromatic carbocycles. The van der Waals surface area contributed by atoms with E-state index in [9.17, 15) is 14.0 Å². The van der Waals surface area contributed by atoms with Crippen molar-refractivity contribution in [2.75, 3.05) is 11.9 Å². The zero-order chi connectivity index (χ0) is 20.6. The smallest absolute Gasteiger partial charge is 0.319 e. The molecular formula is C20H29ClFNO3S. The number of hydrogen-bond acceptors (Lipinski definition) is 4. The van der Waals surface area contributed by atoms with E-state index in [0.29, 0.717) is 17.9 Å². The van der Waals surface area contributed by atoms with E-state index in [1.54, 1.807) is 6.92 Å². The molecule has 1 N–H and O–H groups in total. The molecule has 0 fully saturated rings. The van der Waals surface area contributed by atoms with E-state index in [0.717, 1.165) is 18.9 Å². The number of halogens is 2. The third-order valence-electron chi connectivity index (χ3n) is 3.91. The van der Waals surface area contributed by atoms with Crippen LogP contribution in [0.2, 0.25) is 5.02 Å². The number of amides is 1. The van der Waals surface area contributed by atoms with Gasteiger partial charge < -0.3 is 10.1 Å². The zero-order valence-electron chi connectivity index (χ0n) is 16.6. The molecule has 1 amide bonds. The lowest BCUT2D eigenvalue weighted by molar-refractivity contribution is -0.144. The molecule has 2 unspecified atom stereocenters. The van der Waals surface area contributed by atoms with Crippen molar-refractivity contribution in [3.05, 3.63) is 23.0 Å². The van der Waals surface area contributed by atoms with Gasteiger partial charge in [0.05, 0.1) is 17.3 Å². The lowest BCUT2D eigenvalue weighted by Crippen LogP contribution is -2.22. The van der Waals surface area contributed by atoms with Gasteiger partial charge >= 0.3 is 5.97 Å². The molecule has 2 atom stereocenters. The van der Waals surface area contributed by atoms with E-state index in [1.165, 1.54) is 17.8 Å². The molecule has 0 aliphatic heterocycles. The van der Waals surface area contributed by atoms with Crippen LogP contribution in [-0.4, -0.2) is 23.7 Å². The molecule has 0 radical (unpaired) electrons. The van der Waals surface area contributed by atoms with Crippen LogP contribution in [0.5, 0.6) is 0 Å². The highest BCUT2D eigenvalue weighted by Gasteiger charge is 2.23. The van der Waals surface area contributed by atoms with Gasteiger partial charge in [-0.25, -0.2) is 4.39 Å². The minimum Gasteiger partial charge on any atom is -0.465 e. The SMILES string of the molecule is CCCC(C)C(=O)Nc1cc(SC(CC)C(=O)OCC(C)C)c(Cl)cc1F. The number of carbonyl (C=O) groups excluding carboxylic acids is 2. The number of hydrogen-bond donors (Lipinski definition) is 1. The summed E-state index contributed by atoms with van der Waals surface area (Å²) in [6, 6.07) is 2.65. The number of carbonyl (C=O) groups is 2. The second-order valence-corrected chi connectivity index (χ2v) is 8.63. The van der Waals surface area contributed by atoms with Crippen LogP contribution in [0.3, 0.4) is 0 Å². The van der Waals surface area contributed by atoms with Gasteiger partial charge in [-0.15, -0.1) is 11.8 Å². The van der Waals surface area contributed by atoms with Gasteiger partial charge in [-0.2, -0.15) is 0 Å². The van der Waals surface area contributed by atoms with Gasteiger partial charge in [-0.05, 0) is 30.9 Å². The first kappa shape index (κ1) is 23.8. The number of esters is 1. The van der Waals surface area contributed by atoms with E-state index < -0.39 is 11.1 Å². The Kier molecular flexibility index (Phi) is 10.2. The number of anilines is 1. The van der Waals surface area contributed by atoms with Crippen LogP contribution in [0, 0.1) is 17.7 Å². The van der Waals surface area contributed by atoms with E-state index in [1.807, 2.05) is 27.7 Å². The normalized spacial score (nSPS) is 13.3. The molecule has 0 aliphatic rings. The van der Waals surface area contributed by atoms with Gasteiger partial charge in [0.2, 0.25) is 5.91 Å². The molecule has 0 saturated heterocycles. The van der Waals surface area contributed by atoms with Crippen LogP contribution in [-0.2, 0) is 14.3 Å². The van der Waals surface area contributed by atoms with Crippen molar-refractivity contribution < 1.29 is 18.7 Å². The summed E-state index contributed by atoms with van der Waals surface area (Å²) in [5.41, 5.74) is 0.0697. The average molecular weight is 418 g/mol. The Hall–Kier alpha value is -1.27. The van der Waals surface area contributed by atoms with Crippen LogP contribution in [0.25, 0.3) is 0 Å². The minimum atomic E-state index is -0.600. The maximum Gasteiger partial charge on any atom is 0.319 e.